The number of nitrogens with zero attached hydrogens (tertiary/aromatic N) is 6. The number of aromatic nitrogens is 6. The maximum absolute atomic E-state index is 5.94. The third kappa shape index (κ3) is 2.23. The van der Waals surface area contributed by atoms with Crippen LogP contribution in [0.3, 0.4) is 0 Å². The molecule has 2 unspecified atom stereocenters. The predicted molar refractivity (Wildman–Crippen MR) is 82.4 cm³/mol. The molecule has 112 valence electrons. The lowest BCUT2D eigenvalue weighted by atomic mass is 10.3. The Morgan fingerprint density at radius 1 is 1.05 bits per heavy atom. The summed E-state index contributed by atoms with van der Waals surface area (Å²) in [6.45, 7) is 3.89. The Labute approximate surface area is 136 Å². The normalized spacial score (nSPS) is 20.5. The molecular weight excluding hydrogens is 323 g/mol. The van der Waals surface area contributed by atoms with Gasteiger partial charge in [0, 0.05) is 24.1 Å². The Morgan fingerprint density at radius 3 is 2.41 bits per heavy atom. The zero-order chi connectivity index (χ0) is 15.4. The number of hydrogen-bond acceptors (Lipinski definition) is 5. The summed E-state index contributed by atoms with van der Waals surface area (Å²) in [7, 11) is 0. The largest absolute Gasteiger partial charge is 0.256 e. The van der Waals surface area contributed by atoms with E-state index in [0.29, 0.717) is 16.1 Å². The molecule has 4 rings (SSSR count). The summed E-state index contributed by atoms with van der Waals surface area (Å²) in [6.07, 6.45) is 2.70. The standard InChI is InChI=1S/C14H12Cl2N6/c1-6-5-17-7(2)14-20-13(21-22(6)14)9-3-8(9)12-18-10(15)4-11(16)19-12/h4-5,8-9H,3H2,1-2H3. The molecule has 0 amide bonds. The van der Waals surface area contributed by atoms with Crippen LogP contribution in [0.1, 0.15) is 41.3 Å². The van der Waals surface area contributed by atoms with Gasteiger partial charge in [-0.2, -0.15) is 5.10 Å². The third-order valence-corrected chi connectivity index (χ3v) is 4.25. The molecule has 0 aromatic carbocycles. The SMILES string of the molecule is Cc1ncc(C)n2nc(C3CC3c3nc(Cl)cc(Cl)n3)nc12. The summed E-state index contributed by atoms with van der Waals surface area (Å²) >= 11 is 11.9. The molecule has 1 aliphatic carbocycles. The van der Waals surface area contributed by atoms with E-state index in [1.165, 1.54) is 6.07 Å². The highest BCUT2D eigenvalue weighted by Gasteiger charge is 2.45. The molecule has 3 aromatic heterocycles. The van der Waals surface area contributed by atoms with Gasteiger partial charge in [-0.1, -0.05) is 23.2 Å². The summed E-state index contributed by atoms with van der Waals surface area (Å²) in [5.41, 5.74) is 2.62. The molecule has 3 aromatic rings. The van der Waals surface area contributed by atoms with E-state index < -0.39 is 0 Å². The van der Waals surface area contributed by atoms with Crippen molar-refractivity contribution < 1.29 is 0 Å². The number of fused-ring (bicyclic) bond motifs is 1. The monoisotopic (exact) mass is 334 g/mol. The first-order valence-corrected chi connectivity index (χ1v) is 7.67. The maximum atomic E-state index is 5.94. The van der Waals surface area contributed by atoms with Gasteiger partial charge >= 0.3 is 0 Å². The average molecular weight is 335 g/mol. The van der Waals surface area contributed by atoms with Crippen LogP contribution < -0.4 is 0 Å². The summed E-state index contributed by atoms with van der Waals surface area (Å²) in [4.78, 5) is 17.5. The Morgan fingerprint density at radius 2 is 1.73 bits per heavy atom. The first kappa shape index (κ1) is 13.8. The van der Waals surface area contributed by atoms with Crippen LogP contribution in [0, 0.1) is 13.8 Å². The molecule has 2 atom stereocenters. The van der Waals surface area contributed by atoms with E-state index in [-0.39, 0.29) is 11.8 Å². The lowest BCUT2D eigenvalue weighted by molar-refractivity contribution is 0.816. The quantitative estimate of drug-likeness (QED) is 0.673. The Bertz CT molecular complexity index is 831. The van der Waals surface area contributed by atoms with Gasteiger partial charge in [-0.15, -0.1) is 0 Å². The average Bonchev–Trinajstić information content (AvgIpc) is 3.13. The van der Waals surface area contributed by atoms with Crippen molar-refractivity contribution in [1.29, 1.82) is 0 Å². The smallest absolute Gasteiger partial charge is 0.177 e. The van der Waals surface area contributed by atoms with E-state index in [1.807, 2.05) is 18.4 Å². The van der Waals surface area contributed by atoms with Gasteiger partial charge in [0.2, 0.25) is 0 Å². The van der Waals surface area contributed by atoms with Crippen LogP contribution in [-0.4, -0.2) is 29.5 Å². The van der Waals surface area contributed by atoms with Crippen molar-refractivity contribution >= 4 is 28.8 Å². The molecule has 1 saturated carbocycles. The molecule has 3 heterocycles. The minimum Gasteiger partial charge on any atom is -0.256 e. The van der Waals surface area contributed by atoms with Crippen molar-refractivity contribution in [3.8, 4) is 0 Å². The lowest BCUT2D eigenvalue weighted by Crippen LogP contribution is -1.98. The maximum Gasteiger partial charge on any atom is 0.177 e. The fourth-order valence-corrected chi connectivity index (χ4v) is 3.04. The highest BCUT2D eigenvalue weighted by molar-refractivity contribution is 6.33. The summed E-state index contributed by atoms with van der Waals surface area (Å²) in [5.74, 6) is 1.83. The zero-order valence-electron chi connectivity index (χ0n) is 12.0. The molecule has 0 spiro atoms. The van der Waals surface area contributed by atoms with Gasteiger partial charge < -0.3 is 0 Å². The number of aryl methyl sites for hydroxylation is 2. The van der Waals surface area contributed by atoms with Gasteiger partial charge in [0.05, 0.1) is 11.4 Å². The molecule has 0 aliphatic heterocycles. The Hall–Kier alpha value is -1.79. The van der Waals surface area contributed by atoms with Crippen molar-refractivity contribution in [2.45, 2.75) is 32.1 Å². The van der Waals surface area contributed by atoms with Crippen LogP contribution in [0.4, 0.5) is 0 Å². The van der Waals surface area contributed by atoms with Gasteiger partial charge in [-0.25, -0.2) is 19.5 Å². The molecule has 0 bridgehead atoms. The van der Waals surface area contributed by atoms with Crippen molar-refractivity contribution in [1.82, 2.24) is 29.5 Å². The van der Waals surface area contributed by atoms with Gasteiger partial charge in [-0.3, -0.25) is 4.98 Å². The van der Waals surface area contributed by atoms with Gasteiger partial charge in [0.1, 0.15) is 16.1 Å². The van der Waals surface area contributed by atoms with E-state index >= 15 is 0 Å². The number of hydrogen-bond donors (Lipinski definition) is 0. The van der Waals surface area contributed by atoms with Gasteiger partial charge in [0.25, 0.3) is 0 Å². The van der Waals surface area contributed by atoms with E-state index in [0.717, 1.165) is 29.3 Å². The number of rotatable bonds is 2. The van der Waals surface area contributed by atoms with Gasteiger partial charge in [-0.05, 0) is 20.3 Å². The zero-order valence-corrected chi connectivity index (χ0v) is 13.5. The minimum atomic E-state index is 0.169. The molecular formula is C14H12Cl2N6. The van der Waals surface area contributed by atoms with E-state index in [4.69, 9.17) is 23.2 Å². The summed E-state index contributed by atoms with van der Waals surface area (Å²) in [5, 5.41) is 5.32. The molecule has 1 aliphatic rings. The second-order valence-electron chi connectivity index (χ2n) is 5.51. The van der Waals surface area contributed by atoms with Crippen LogP contribution in [0.5, 0.6) is 0 Å². The lowest BCUT2D eigenvalue weighted by Gasteiger charge is -1.99. The Balaban J connectivity index is 1.70. The third-order valence-electron chi connectivity index (χ3n) is 3.86. The van der Waals surface area contributed by atoms with E-state index in [2.05, 4.69) is 25.0 Å². The van der Waals surface area contributed by atoms with Gasteiger partial charge in [0.15, 0.2) is 11.5 Å². The van der Waals surface area contributed by atoms with Crippen LogP contribution in [0.25, 0.3) is 5.65 Å². The fourth-order valence-electron chi connectivity index (χ4n) is 2.61. The van der Waals surface area contributed by atoms with Crippen LogP contribution >= 0.6 is 23.2 Å². The predicted octanol–water partition coefficient (Wildman–Crippen LogP) is 3.11. The van der Waals surface area contributed by atoms with E-state index in [9.17, 15) is 0 Å². The van der Waals surface area contributed by atoms with Crippen molar-refractivity contribution in [3.05, 3.63) is 45.6 Å². The number of halogens is 2. The fraction of sp³-hybridized carbons (Fsp3) is 0.357. The molecule has 6 nitrogen and oxygen atoms in total. The first-order chi connectivity index (χ1) is 10.5. The summed E-state index contributed by atoms with van der Waals surface area (Å²) in [6, 6.07) is 1.53. The second-order valence-corrected chi connectivity index (χ2v) is 6.29. The molecule has 0 saturated heterocycles. The first-order valence-electron chi connectivity index (χ1n) is 6.92. The van der Waals surface area contributed by atoms with E-state index in [1.54, 1.807) is 6.20 Å². The van der Waals surface area contributed by atoms with Crippen molar-refractivity contribution in [3.63, 3.8) is 0 Å². The minimum absolute atomic E-state index is 0.169. The highest BCUT2D eigenvalue weighted by Crippen LogP contribution is 2.52. The molecule has 1 fully saturated rings. The molecule has 0 radical (unpaired) electrons. The molecule has 0 N–H and O–H groups in total. The van der Waals surface area contributed by atoms with Crippen LogP contribution in [0.15, 0.2) is 12.3 Å². The van der Waals surface area contributed by atoms with Crippen LogP contribution in [0.2, 0.25) is 10.3 Å². The van der Waals surface area contributed by atoms with Crippen LogP contribution in [-0.2, 0) is 0 Å². The highest BCUT2D eigenvalue weighted by atomic mass is 35.5. The summed E-state index contributed by atoms with van der Waals surface area (Å²) < 4.78 is 1.83. The topological polar surface area (TPSA) is 68.9 Å². The molecule has 8 heteroatoms. The van der Waals surface area contributed by atoms with Crippen molar-refractivity contribution in [2.75, 3.05) is 0 Å². The van der Waals surface area contributed by atoms with Crippen molar-refractivity contribution in [2.24, 2.45) is 0 Å². The Kier molecular flexibility index (Phi) is 3.06. The molecule has 22 heavy (non-hydrogen) atoms. The second kappa shape index (κ2) is 4.86.